The highest BCUT2D eigenvalue weighted by Crippen LogP contribution is 2.26. The van der Waals surface area contributed by atoms with Crippen molar-refractivity contribution in [2.24, 2.45) is 5.92 Å². The van der Waals surface area contributed by atoms with Gasteiger partial charge in [-0.25, -0.2) is 4.39 Å². The van der Waals surface area contributed by atoms with E-state index in [-0.39, 0.29) is 24.0 Å². The van der Waals surface area contributed by atoms with Crippen molar-refractivity contribution >= 4 is 17.6 Å². The van der Waals surface area contributed by atoms with Crippen molar-refractivity contribution in [3.8, 4) is 11.5 Å². The van der Waals surface area contributed by atoms with Crippen LogP contribution >= 0.6 is 0 Å². The molecule has 2 aromatic carbocycles. The minimum Gasteiger partial charge on any atom is -0.481 e. The summed E-state index contributed by atoms with van der Waals surface area (Å²) in [5.41, 5.74) is 0.652. The van der Waals surface area contributed by atoms with Crippen LogP contribution < -0.4 is 10.1 Å². The molecule has 0 atom stereocenters. The van der Waals surface area contributed by atoms with Crippen molar-refractivity contribution in [1.29, 1.82) is 0 Å². The number of carboxylic acid groups (broad SMARTS) is 1. The summed E-state index contributed by atoms with van der Waals surface area (Å²) in [5, 5.41) is 11.6. The largest absolute Gasteiger partial charge is 0.481 e. The fraction of sp³-hybridized carbons (Fsp3) is 0.333. The Bertz CT molecular complexity index is 817. The summed E-state index contributed by atoms with van der Waals surface area (Å²) < 4.78 is 19.1. The van der Waals surface area contributed by atoms with Gasteiger partial charge in [0.1, 0.15) is 5.75 Å². The summed E-state index contributed by atoms with van der Waals surface area (Å²) in [6.07, 6.45) is 1.54. The Labute approximate surface area is 162 Å². The highest BCUT2D eigenvalue weighted by atomic mass is 19.1. The van der Waals surface area contributed by atoms with Crippen LogP contribution in [0.4, 0.5) is 10.1 Å². The smallest absolute Gasteiger partial charge is 0.304 e. The van der Waals surface area contributed by atoms with Crippen LogP contribution in [-0.2, 0) is 9.59 Å². The molecule has 2 aromatic rings. The monoisotopic (exact) mass is 386 g/mol. The van der Waals surface area contributed by atoms with Crippen molar-refractivity contribution in [3.05, 3.63) is 54.3 Å². The first-order valence-electron chi connectivity index (χ1n) is 9.29. The number of piperidine rings is 1. The Morgan fingerprint density at radius 1 is 1.11 bits per heavy atom. The lowest BCUT2D eigenvalue weighted by Crippen LogP contribution is -2.39. The number of benzene rings is 2. The summed E-state index contributed by atoms with van der Waals surface area (Å²) in [6, 6.07) is 13.0. The average molecular weight is 386 g/mol. The van der Waals surface area contributed by atoms with Crippen LogP contribution in [0.15, 0.2) is 48.5 Å². The molecule has 0 unspecified atom stereocenters. The second-order valence-electron chi connectivity index (χ2n) is 6.81. The highest BCUT2D eigenvalue weighted by molar-refractivity contribution is 5.92. The molecule has 7 heteroatoms. The van der Waals surface area contributed by atoms with Crippen molar-refractivity contribution in [1.82, 2.24) is 4.90 Å². The van der Waals surface area contributed by atoms with E-state index in [4.69, 9.17) is 9.84 Å². The van der Waals surface area contributed by atoms with E-state index in [9.17, 15) is 14.0 Å². The number of halogens is 1. The third-order valence-corrected chi connectivity index (χ3v) is 4.79. The maximum Gasteiger partial charge on any atom is 0.304 e. The number of nitrogens with one attached hydrogen (secondary N) is 1. The molecule has 0 saturated carbocycles. The number of amides is 1. The van der Waals surface area contributed by atoms with E-state index in [0.29, 0.717) is 30.8 Å². The number of rotatable bonds is 7. The molecule has 1 aliphatic rings. The number of ether oxygens (including phenoxy) is 1. The summed E-state index contributed by atoms with van der Waals surface area (Å²) in [6.45, 7) is 1.97. The zero-order chi connectivity index (χ0) is 19.9. The molecule has 1 aliphatic heterocycles. The molecule has 1 heterocycles. The minimum atomic E-state index is -0.803. The van der Waals surface area contributed by atoms with Crippen LogP contribution in [0.1, 0.15) is 19.3 Å². The molecule has 1 fully saturated rings. The van der Waals surface area contributed by atoms with E-state index in [1.54, 1.807) is 42.5 Å². The number of hydrogen-bond donors (Lipinski definition) is 2. The summed E-state index contributed by atoms with van der Waals surface area (Å²) in [7, 11) is 0. The Morgan fingerprint density at radius 2 is 1.79 bits per heavy atom. The van der Waals surface area contributed by atoms with E-state index < -0.39 is 11.8 Å². The zero-order valence-electron chi connectivity index (χ0n) is 15.4. The third-order valence-electron chi connectivity index (χ3n) is 4.79. The molecule has 0 spiro atoms. The Kier molecular flexibility index (Phi) is 6.60. The van der Waals surface area contributed by atoms with Crippen molar-refractivity contribution in [2.75, 3.05) is 25.0 Å². The van der Waals surface area contributed by atoms with Gasteiger partial charge in [0.2, 0.25) is 5.91 Å². The molecule has 1 amide bonds. The molecule has 2 N–H and O–H groups in total. The van der Waals surface area contributed by atoms with Crippen molar-refractivity contribution in [3.63, 3.8) is 0 Å². The summed E-state index contributed by atoms with van der Waals surface area (Å²) in [5.74, 6) is -0.739. The van der Waals surface area contributed by atoms with Crippen LogP contribution in [0.2, 0.25) is 0 Å². The van der Waals surface area contributed by atoms with Crippen molar-refractivity contribution < 1.29 is 23.8 Å². The Hall–Kier alpha value is -2.93. The van der Waals surface area contributed by atoms with E-state index in [1.807, 2.05) is 0 Å². The number of carbonyl (C=O) groups is 2. The number of anilines is 1. The van der Waals surface area contributed by atoms with Gasteiger partial charge >= 0.3 is 5.97 Å². The van der Waals surface area contributed by atoms with Gasteiger partial charge in [-0.15, -0.1) is 0 Å². The fourth-order valence-electron chi connectivity index (χ4n) is 3.18. The number of nitrogens with zero attached hydrogens (tertiary/aromatic N) is 1. The predicted octanol–water partition coefficient (Wildman–Crippen LogP) is 3.74. The number of hydrogen-bond acceptors (Lipinski definition) is 4. The molecular formula is C21H23FN2O4. The molecule has 6 nitrogen and oxygen atoms in total. The SMILES string of the molecule is O=C(O)CCN1CCC(C(=O)Nc2ccc(Oc3ccccc3F)cc2)CC1. The summed E-state index contributed by atoms with van der Waals surface area (Å²) >= 11 is 0. The molecule has 148 valence electrons. The Morgan fingerprint density at radius 3 is 2.43 bits per heavy atom. The van der Waals surface area contributed by atoms with Gasteiger partial charge in [-0.1, -0.05) is 12.1 Å². The number of para-hydroxylation sites is 1. The second kappa shape index (κ2) is 9.32. The lowest BCUT2D eigenvalue weighted by Gasteiger charge is -2.30. The minimum absolute atomic E-state index is 0.0411. The second-order valence-corrected chi connectivity index (χ2v) is 6.81. The average Bonchev–Trinajstić information content (AvgIpc) is 2.70. The maximum atomic E-state index is 13.6. The molecule has 1 saturated heterocycles. The number of aliphatic carboxylic acids is 1. The van der Waals surface area contributed by atoms with Gasteiger partial charge in [0.25, 0.3) is 0 Å². The topological polar surface area (TPSA) is 78.9 Å². The van der Waals surface area contributed by atoms with Gasteiger partial charge in [0.05, 0.1) is 6.42 Å². The van der Waals surface area contributed by atoms with E-state index >= 15 is 0 Å². The molecule has 0 aliphatic carbocycles. The molecule has 0 aromatic heterocycles. The molecule has 0 bridgehead atoms. The molecular weight excluding hydrogens is 363 g/mol. The van der Waals surface area contributed by atoms with Gasteiger partial charge in [-0.3, -0.25) is 9.59 Å². The van der Waals surface area contributed by atoms with Crippen LogP contribution in [0.5, 0.6) is 11.5 Å². The van der Waals surface area contributed by atoms with Gasteiger partial charge in [0, 0.05) is 18.2 Å². The first-order valence-corrected chi connectivity index (χ1v) is 9.29. The van der Waals surface area contributed by atoms with Gasteiger partial charge in [-0.05, 0) is 62.3 Å². The molecule has 0 radical (unpaired) electrons. The third kappa shape index (κ3) is 5.53. The van der Waals surface area contributed by atoms with Crippen LogP contribution in [0.25, 0.3) is 0 Å². The molecule has 28 heavy (non-hydrogen) atoms. The van der Waals surface area contributed by atoms with E-state index in [2.05, 4.69) is 10.2 Å². The number of likely N-dealkylation sites (tertiary alicyclic amines) is 1. The van der Waals surface area contributed by atoms with Crippen LogP contribution in [-0.4, -0.2) is 41.5 Å². The predicted molar refractivity (Wildman–Crippen MR) is 103 cm³/mol. The number of carboxylic acids is 1. The lowest BCUT2D eigenvalue weighted by atomic mass is 9.95. The van der Waals surface area contributed by atoms with E-state index in [0.717, 1.165) is 13.1 Å². The van der Waals surface area contributed by atoms with Crippen LogP contribution in [0, 0.1) is 11.7 Å². The highest BCUT2D eigenvalue weighted by Gasteiger charge is 2.25. The van der Waals surface area contributed by atoms with Crippen molar-refractivity contribution in [2.45, 2.75) is 19.3 Å². The Balaban J connectivity index is 1.48. The zero-order valence-corrected chi connectivity index (χ0v) is 15.4. The molecule has 3 rings (SSSR count). The van der Waals surface area contributed by atoms with Crippen LogP contribution in [0.3, 0.4) is 0 Å². The quantitative estimate of drug-likeness (QED) is 0.758. The first-order chi connectivity index (χ1) is 13.5. The van der Waals surface area contributed by atoms with E-state index in [1.165, 1.54) is 6.07 Å². The standard InChI is InChI=1S/C21H23FN2O4/c22-18-3-1-2-4-19(18)28-17-7-5-16(6-8-17)23-21(27)15-9-12-24(13-10-15)14-11-20(25)26/h1-8,15H,9-14H2,(H,23,27)(H,25,26). The van der Waals surface area contributed by atoms with Gasteiger partial charge in [-0.2, -0.15) is 0 Å². The van der Waals surface area contributed by atoms with Gasteiger partial charge < -0.3 is 20.1 Å². The van der Waals surface area contributed by atoms with Gasteiger partial charge in [0.15, 0.2) is 11.6 Å². The summed E-state index contributed by atoms with van der Waals surface area (Å²) in [4.78, 5) is 25.2. The first kappa shape index (κ1) is 19.8. The lowest BCUT2D eigenvalue weighted by molar-refractivity contribution is -0.137. The number of carbonyl (C=O) groups excluding carboxylic acids is 1. The fourth-order valence-corrected chi connectivity index (χ4v) is 3.18. The normalized spacial score (nSPS) is 15.2. The maximum absolute atomic E-state index is 13.6.